The van der Waals surface area contributed by atoms with Gasteiger partial charge in [-0.05, 0) is 42.9 Å². The highest BCUT2D eigenvalue weighted by Gasteiger charge is 2.44. The van der Waals surface area contributed by atoms with E-state index >= 15 is 0 Å². The van der Waals surface area contributed by atoms with Gasteiger partial charge in [-0.1, -0.05) is 37.6 Å². The minimum absolute atomic E-state index is 0.0362. The Hall–Kier alpha value is -1.06. The molecule has 0 spiro atoms. The Bertz CT molecular complexity index is 468. The molecule has 0 radical (unpaired) electrons. The van der Waals surface area contributed by atoms with Crippen molar-refractivity contribution in [3.05, 3.63) is 34.9 Å². The number of hydrogen-bond donors (Lipinski definition) is 2. The number of nitrogens with one attached hydrogen (secondary N) is 1. The third-order valence-electron chi connectivity index (χ3n) is 4.33. The van der Waals surface area contributed by atoms with Crippen LogP contribution in [0.25, 0.3) is 0 Å². The molecule has 0 aliphatic heterocycles. The molecule has 1 fully saturated rings. The Morgan fingerprint density at radius 2 is 1.95 bits per heavy atom. The van der Waals surface area contributed by atoms with E-state index in [9.17, 15) is 9.90 Å². The molecular weight excluding hydrogens is 274 g/mol. The van der Waals surface area contributed by atoms with Gasteiger partial charge in [-0.2, -0.15) is 0 Å². The molecular formula is C16H22ClNO2. The summed E-state index contributed by atoms with van der Waals surface area (Å²) in [5, 5.41) is 13.8. The van der Waals surface area contributed by atoms with E-state index in [-0.39, 0.29) is 11.8 Å². The maximum Gasteiger partial charge on any atom is 0.223 e. The molecule has 1 aromatic carbocycles. The van der Waals surface area contributed by atoms with Crippen molar-refractivity contribution in [2.24, 2.45) is 5.92 Å². The quantitative estimate of drug-likeness (QED) is 0.847. The lowest BCUT2D eigenvalue weighted by Gasteiger charge is -2.25. The summed E-state index contributed by atoms with van der Waals surface area (Å²) in [6.07, 6.45) is 2.17. The van der Waals surface area contributed by atoms with Crippen molar-refractivity contribution in [3.63, 3.8) is 0 Å². The number of carbonyl (C=O) groups is 1. The first-order valence-electron chi connectivity index (χ1n) is 7.24. The predicted octanol–water partition coefficient (Wildman–Crippen LogP) is 3.11. The Balaban J connectivity index is 1.86. The average Bonchev–Trinajstić information content (AvgIpc) is 3.26. The summed E-state index contributed by atoms with van der Waals surface area (Å²) < 4.78 is 0. The molecule has 1 saturated carbocycles. The molecule has 0 saturated heterocycles. The lowest BCUT2D eigenvalue weighted by Crippen LogP contribution is -2.42. The number of carbonyl (C=O) groups excluding carboxylic acids is 1. The van der Waals surface area contributed by atoms with Crippen LogP contribution in [0.5, 0.6) is 0 Å². The standard InChI is InChI=1S/C16H22ClNO2/c1-3-16(20,4-2)10-18-15(19)14-9-13(14)11-5-7-12(17)8-6-11/h5-8,13-14,20H,3-4,9-10H2,1-2H3,(H,18,19). The second-order valence-corrected chi connectivity index (χ2v) is 6.09. The van der Waals surface area contributed by atoms with Crippen LogP contribution in [0.4, 0.5) is 0 Å². The minimum atomic E-state index is -0.777. The van der Waals surface area contributed by atoms with Crippen LogP contribution >= 0.6 is 11.6 Å². The van der Waals surface area contributed by atoms with Crippen molar-refractivity contribution < 1.29 is 9.90 Å². The number of amides is 1. The molecule has 0 aromatic heterocycles. The zero-order valence-electron chi connectivity index (χ0n) is 12.0. The topological polar surface area (TPSA) is 49.3 Å². The molecule has 110 valence electrons. The van der Waals surface area contributed by atoms with Crippen molar-refractivity contribution in [2.75, 3.05) is 6.54 Å². The smallest absolute Gasteiger partial charge is 0.223 e. The molecule has 2 N–H and O–H groups in total. The highest BCUT2D eigenvalue weighted by atomic mass is 35.5. The molecule has 1 aromatic rings. The lowest BCUT2D eigenvalue weighted by atomic mass is 9.97. The molecule has 2 unspecified atom stereocenters. The first-order chi connectivity index (χ1) is 9.49. The van der Waals surface area contributed by atoms with Gasteiger partial charge in [0, 0.05) is 17.5 Å². The van der Waals surface area contributed by atoms with Crippen LogP contribution < -0.4 is 5.32 Å². The van der Waals surface area contributed by atoms with E-state index in [0.717, 1.165) is 12.0 Å². The van der Waals surface area contributed by atoms with Gasteiger partial charge >= 0.3 is 0 Å². The summed E-state index contributed by atoms with van der Waals surface area (Å²) in [5.74, 6) is 0.378. The highest BCUT2D eigenvalue weighted by Crippen LogP contribution is 2.47. The zero-order valence-corrected chi connectivity index (χ0v) is 12.8. The molecule has 0 bridgehead atoms. The number of rotatable bonds is 6. The van der Waals surface area contributed by atoms with E-state index in [0.29, 0.717) is 30.3 Å². The fraction of sp³-hybridized carbons (Fsp3) is 0.562. The minimum Gasteiger partial charge on any atom is -0.388 e. The van der Waals surface area contributed by atoms with E-state index in [2.05, 4.69) is 5.32 Å². The van der Waals surface area contributed by atoms with Gasteiger partial charge in [-0.15, -0.1) is 0 Å². The summed E-state index contributed by atoms with van der Waals surface area (Å²) in [6, 6.07) is 7.68. The van der Waals surface area contributed by atoms with Crippen molar-refractivity contribution >= 4 is 17.5 Å². The molecule has 0 heterocycles. The van der Waals surface area contributed by atoms with Gasteiger partial charge in [0.1, 0.15) is 0 Å². The summed E-state index contributed by atoms with van der Waals surface area (Å²) in [6.45, 7) is 4.20. The second-order valence-electron chi connectivity index (χ2n) is 5.65. The lowest BCUT2D eigenvalue weighted by molar-refractivity contribution is -0.123. The van der Waals surface area contributed by atoms with Gasteiger partial charge in [0.25, 0.3) is 0 Å². The largest absolute Gasteiger partial charge is 0.388 e. The molecule has 20 heavy (non-hydrogen) atoms. The van der Waals surface area contributed by atoms with Crippen LogP contribution in [0.15, 0.2) is 24.3 Å². The van der Waals surface area contributed by atoms with Crippen molar-refractivity contribution in [1.82, 2.24) is 5.32 Å². The summed E-state index contributed by atoms with van der Waals surface area (Å²) >= 11 is 5.86. The van der Waals surface area contributed by atoms with E-state index in [1.165, 1.54) is 0 Å². The molecule has 4 heteroatoms. The summed E-state index contributed by atoms with van der Waals surface area (Å²) in [4.78, 5) is 12.1. The second kappa shape index (κ2) is 6.15. The number of halogens is 1. The van der Waals surface area contributed by atoms with Crippen molar-refractivity contribution in [3.8, 4) is 0 Å². The number of aliphatic hydroxyl groups is 1. The molecule has 1 aliphatic carbocycles. The monoisotopic (exact) mass is 295 g/mol. The first kappa shape index (κ1) is 15.3. The Labute approximate surface area is 125 Å². The van der Waals surface area contributed by atoms with Gasteiger partial charge in [0.15, 0.2) is 0 Å². The van der Waals surface area contributed by atoms with Gasteiger partial charge in [-0.3, -0.25) is 4.79 Å². The predicted molar refractivity (Wildman–Crippen MR) is 80.8 cm³/mol. The van der Waals surface area contributed by atoms with E-state index < -0.39 is 5.60 Å². The molecule has 1 amide bonds. The summed E-state index contributed by atoms with van der Waals surface area (Å²) in [7, 11) is 0. The number of benzene rings is 1. The SMILES string of the molecule is CCC(O)(CC)CNC(=O)C1CC1c1ccc(Cl)cc1. The first-order valence-corrected chi connectivity index (χ1v) is 7.62. The fourth-order valence-corrected chi connectivity index (χ4v) is 2.57. The van der Waals surface area contributed by atoms with E-state index in [1.807, 2.05) is 38.1 Å². The third kappa shape index (κ3) is 3.53. The Kier molecular flexibility index (Phi) is 4.71. The fourth-order valence-electron chi connectivity index (χ4n) is 2.45. The van der Waals surface area contributed by atoms with Crippen LogP contribution in [-0.4, -0.2) is 23.2 Å². The van der Waals surface area contributed by atoms with Gasteiger partial charge in [0.2, 0.25) is 5.91 Å². The van der Waals surface area contributed by atoms with E-state index in [1.54, 1.807) is 0 Å². The molecule has 3 nitrogen and oxygen atoms in total. The highest BCUT2D eigenvalue weighted by molar-refractivity contribution is 6.30. The third-order valence-corrected chi connectivity index (χ3v) is 4.59. The molecule has 2 rings (SSSR count). The average molecular weight is 296 g/mol. The van der Waals surface area contributed by atoms with Crippen LogP contribution in [0.2, 0.25) is 5.02 Å². The maximum absolute atomic E-state index is 12.1. The Morgan fingerprint density at radius 1 is 1.35 bits per heavy atom. The summed E-state index contributed by atoms with van der Waals surface area (Å²) in [5.41, 5.74) is 0.385. The molecule has 2 atom stereocenters. The van der Waals surface area contributed by atoms with Gasteiger partial charge < -0.3 is 10.4 Å². The van der Waals surface area contributed by atoms with Crippen LogP contribution in [0.1, 0.15) is 44.6 Å². The van der Waals surface area contributed by atoms with Crippen molar-refractivity contribution in [2.45, 2.75) is 44.6 Å². The molecule has 1 aliphatic rings. The van der Waals surface area contributed by atoms with Gasteiger partial charge in [0.05, 0.1) is 5.60 Å². The van der Waals surface area contributed by atoms with E-state index in [4.69, 9.17) is 11.6 Å². The zero-order chi connectivity index (χ0) is 14.8. The van der Waals surface area contributed by atoms with Crippen molar-refractivity contribution in [1.29, 1.82) is 0 Å². The van der Waals surface area contributed by atoms with Crippen LogP contribution in [0.3, 0.4) is 0 Å². The Morgan fingerprint density at radius 3 is 2.50 bits per heavy atom. The van der Waals surface area contributed by atoms with Crippen LogP contribution in [0, 0.1) is 5.92 Å². The van der Waals surface area contributed by atoms with Gasteiger partial charge in [-0.25, -0.2) is 0 Å². The maximum atomic E-state index is 12.1. The number of hydrogen-bond acceptors (Lipinski definition) is 2. The normalized spacial score (nSPS) is 21.6. The van der Waals surface area contributed by atoms with Crippen LogP contribution in [-0.2, 0) is 4.79 Å².